The molecule has 1 aromatic carbocycles. The minimum absolute atomic E-state index is 0.397. The maximum atomic E-state index is 10.4. The van der Waals surface area contributed by atoms with Crippen LogP contribution in [0.3, 0.4) is 0 Å². The Labute approximate surface area is 144 Å². The van der Waals surface area contributed by atoms with Crippen molar-refractivity contribution in [1.29, 1.82) is 0 Å². The summed E-state index contributed by atoms with van der Waals surface area (Å²) in [6, 6.07) is 4.41. The number of nitrogens with zero attached hydrogens (tertiary/aromatic N) is 2. The molecule has 0 radical (unpaired) electrons. The highest BCUT2D eigenvalue weighted by molar-refractivity contribution is 5.74. The molecule has 1 aromatic heterocycles. The lowest BCUT2D eigenvalue weighted by Crippen LogP contribution is -2.27. The van der Waals surface area contributed by atoms with Gasteiger partial charge in [-0.05, 0) is 62.3 Å². The summed E-state index contributed by atoms with van der Waals surface area (Å²) in [6.45, 7) is 5.97. The molecule has 0 spiro atoms. The van der Waals surface area contributed by atoms with Gasteiger partial charge in [0.15, 0.2) is 11.0 Å². The fraction of sp³-hybridized carbons (Fsp3) is 0.550. The SMILES string of the molecule is Cc1cc2c(cc1C)[n+](C)cn2C[C@H](O)COC[C@H]1CC=CCC1. The van der Waals surface area contributed by atoms with E-state index < -0.39 is 6.10 Å². The van der Waals surface area contributed by atoms with E-state index >= 15 is 0 Å². The molecule has 24 heavy (non-hydrogen) atoms. The first kappa shape index (κ1) is 17.2. The molecule has 0 aliphatic heterocycles. The lowest BCUT2D eigenvalue weighted by atomic mass is 9.95. The van der Waals surface area contributed by atoms with Gasteiger partial charge in [0.25, 0.3) is 0 Å². The number of aromatic nitrogens is 2. The topological polar surface area (TPSA) is 38.3 Å². The maximum Gasteiger partial charge on any atom is 0.244 e. The molecule has 130 valence electrons. The quantitative estimate of drug-likeness (QED) is 0.654. The Kier molecular flexibility index (Phi) is 5.36. The van der Waals surface area contributed by atoms with Gasteiger partial charge in [-0.15, -0.1) is 0 Å². The van der Waals surface area contributed by atoms with E-state index in [-0.39, 0.29) is 0 Å². The lowest BCUT2D eigenvalue weighted by Gasteiger charge is -2.18. The molecular weight excluding hydrogens is 300 g/mol. The number of allylic oxidation sites excluding steroid dienone is 2. The summed E-state index contributed by atoms with van der Waals surface area (Å²) in [5.74, 6) is 0.609. The van der Waals surface area contributed by atoms with Crippen molar-refractivity contribution in [3.63, 3.8) is 0 Å². The van der Waals surface area contributed by atoms with E-state index in [1.807, 2.05) is 7.05 Å². The molecule has 0 fully saturated rings. The van der Waals surface area contributed by atoms with Crippen molar-refractivity contribution in [2.75, 3.05) is 13.2 Å². The van der Waals surface area contributed by atoms with Gasteiger partial charge in [0.1, 0.15) is 12.6 Å². The molecule has 2 aromatic rings. The average Bonchev–Trinajstić information content (AvgIpc) is 2.84. The van der Waals surface area contributed by atoms with Crippen LogP contribution in [0.4, 0.5) is 0 Å². The summed E-state index contributed by atoms with van der Waals surface area (Å²) in [7, 11) is 2.05. The van der Waals surface area contributed by atoms with Crippen LogP contribution >= 0.6 is 0 Å². The standard InChI is InChI=1S/C20H29N2O2/c1-15-9-19-20(10-16(15)2)22(14-21(19)3)11-18(23)13-24-12-17-7-5-4-6-8-17/h4-5,9-10,14,17-18,23H,6-8,11-13H2,1-3H3/q+1/t17-,18-/m0/s1. The number of fused-ring (bicyclic) bond motifs is 1. The first-order chi connectivity index (χ1) is 11.5. The van der Waals surface area contributed by atoms with Gasteiger partial charge in [-0.25, -0.2) is 9.13 Å². The van der Waals surface area contributed by atoms with Crippen molar-refractivity contribution in [3.05, 3.63) is 41.7 Å². The van der Waals surface area contributed by atoms with Crippen LogP contribution < -0.4 is 4.57 Å². The zero-order valence-electron chi connectivity index (χ0n) is 15.0. The molecule has 4 nitrogen and oxygen atoms in total. The Morgan fingerprint density at radius 2 is 2.08 bits per heavy atom. The third kappa shape index (κ3) is 3.87. The van der Waals surface area contributed by atoms with E-state index in [0.717, 1.165) is 25.0 Å². The molecule has 1 heterocycles. The van der Waals surface area contributed by atoms with Crippen LogP contribution in [-0.2, 0) is 18.3 Å². The van der Waals surface area contributed by atoms with Crippen LogP contribution in [0, 0.1) is 19.8 Å². The van der Waals surface area contributed by atoms with Gasteiger partial charge in [0.2, 0.25) is 6.33 Å². The molecule has 1 aliphatic carbocycles. The van der Waals surface area contributed by atoms with Gasteiger partial charge < -0.3 is 9.84 Å². The summed E-state index contributed by atoms with van der Waals surface area (Å²) in [5, 5.41) is 10.4. The van der Waals surface area contributed by atoms with Crippen molar-refractivity contribution in [2.24, 2.45) is 13.0 Å². The molecule has 0 bridgehead atoms. The molecular formula is C20H29N2O2+. The van der Waals surface area contributed by atoms with Gasteiger partial charge in [0.05, 0.1) is 13.7 Å². The summed E-state index contributed by atoms with van der Waals surface area (Å²) in [5.41, 5.74) is 4.93. The van der Waals surface area contributed by atoms with Crippen LogP contribution in [-0.4, -0.2) is 29.0 Å². The van der Waals surface area contributed by atoms with E-state index in [9.17, 15) is 5.11 Å². The fourth-order valence-corrected chi connectivity index (χ4v) is 3.44. The van der Waals surface area contributed by atoms with Crippen LogP contribution in [0.5, 0.6) is 0 Å². The van der Waals surface area contributed by atoms with Crippen LogP contribution in [0.2, 0.25) is 0 Å². The Balaban J connectivity index is 1.60. The molecule has 4 heteroatoms. The average molecular weight is 329 g/mol. The van der Waals surface area contributed by atoms with Crippen molar-refractivity contribution >= 4 is 11.0 Å². The largest absolute Gasteiger partial charge is 0.387 e. The molecule has 0 saturated carbocycles. The van der Waals surface area contributed by atoms with Crippen LogP contribution in [0.1, 0.15) is 30.4 Å². The first-order valence-electron chi connectivity index (χ1n) is 8.91. The van der Waals surface area contributed by atoms with Gasteiger partial charge in [-0.1, -0.05) is 12.2 Å². The first-order valence-corrected chi connectivity index (χ1v) is 8.91. The van der Waals surface area contributed by atoms with E-state index in [4.69, 9.17) is 4.74 Å². The zero-order chi connectivity index (χ0) is 17.1. The molecule has 0 amide bonds. The Hall–Kier alpha value is -1.65. The summed E-state index contributed by atoms with van der Waals surface area (Å²) < 4.78 is 10.0. The summed E-state index contributed by atoms with van der Waals surface area (Å²) in [4.78, 5) is 0. The highest BCUT2D eigenvalue weighted by Crippen LogP contribution is 2.19. The van der Waals surface area contributed by atoms with Crippen LogP contribution in [0.15, 0.2) is 30.6 Å². The molecule has 2 atom stereocenters. The van der Waals surface area contributed by atoms with Gasteiger partial charge >= 0.3 is 0 Å². The van der Waals surface area contributed by atoms with E-state index in [1.165, 1.54) is 23.1 Å². The number of benzene rings is 1. The lowest BCUT2D eigenvalue weighted by molar-refractivity contribution is -0.645. The molecule has 3 rings (SSSR count). The Morgan fingerprint density at radius 3 is 2.83 bits per heavy atom. The number of hydrogen-bond donors (Lipinski definition) is 1. The smallest absolute Gasteiger partial charge is 0.244 e. The second-order valence-electron chi connectivity index (χ2n) is 7.15. The fourth-order valence-electron chi connectivity index (χ4n) is 3.44. The monoisotopic (exact) mass is 329 g/mol. The predicted octanol–water partition coefficient (Wildman–Crippen LogP) is 2.82. The number of aryl methyl sites for hydroxylation is 3. The normalized spacial score (nSPS) is 19.1. The molecule has 0 saturated heterocycles. The third-order valence-electron chi connectivity index (χ3n) is 5.04. The number of rotatable bonds is 6. The van der Waals surface area contributed by atoms with Gasteiger partial charge in [-0.2, -0.15) is 0 Å². The second-order valence-corrected chi connectivity index (χ2v) is 7.15. The third-order valence-corrected chi connectivity index (χ3v) is 5.04. The number of hydrogen-bond acceptors (Lipinski definition) is 2. The maximum absolute atomic E-state index is 10.4. The van der Waals surface area contributed by atoms with Crippen LogP contribution in [0.25, 0.3) is 11.0 Å². The van der Waals surface area contributed by atoms with E-state index in [1.54, 1.807) is 0 Å². The second kappa shape index (κ2) is 7.49. The van der Waals surface area contributed by atoms with Crippen molar-refractivity contribution in [2.45, 2.75) is 45.8 Å². The Bertz CT molecular complexity index is 733. The summed E-state index contributed by atoms with van der Waals surface area (Å²) in [6.07, 6.45) is 9.51. The number of aliphatic hydroxyl groups excluding tert-OH is 1. The predicted molar refractivity (Wildman–Crippen MR) is 95.9 cm³/mol. The number of aliphatic hydroxyl groups is 1. The van der Waals surface area contributed by atoms with Gasteiger partial charge in [-0.3, -0.25) is 0 Å². The zero-order valence-corrected chi connectivity index (χ0v) is 15.0. The molecule has 0 unspecified atom stereocenters. The molecule has 1 N–H and O–H groups in total. The highest BCUT2D eigenvalue weighted by atomic mass is 16.5. The minimum atomic E-state index is -0.485. The van der Waals surface area contributed by atoms with E-state index in [0.29, 0.717) is 19.1 Å². The van der Waals surface area contributed by atoms with Crippen molar-refractivity contribution in [3.8, 4) is 0 Å². The van der Waals surface area contributed by atoms with E-state index in [2.05, 4.69) is 53.6 Å². The molecule has 1 aliphatic rings. The van der Waals surface area contributed by atoms with Crippen molar-refractivity contribution < 1.29 is 14.4 Å². The van der Waals surface area contributed by atoms with Crippen molar-refractivity contribution in [1.82, 2.24) is 4.57 Å². The Morgan fingerprint density at radius 1 is 1.29 bits per heavy atom. The number of ether oxygens (including phenoxy) is 1. The highest BCUT2D eigenvalue weighted by Gasteiger charge is 2.18. The summed E-state index contributed by atoms with van der Waals surface area (Å²) >= 11 is 0. The number of imidazole rings is 1. The van der Waals surface area contributed by atoms with Gasteiger partial charge in [0, 0.05) is 6.61 Å². The minimum Gasteiger partial charge on any atom is -0.387 e.